The van der Waals surface area contributed by atoms with Gasteiger partial charge >= 0.3 is 0 Å². The lowest BCUT2D eigenvalue weighted by Gasteiger charge is -2.01. The zero-order valence-corrected chi connectivity index (χ0v) is 7.35. The number of nitrogen functional groups attached to an aromatic ring is 1. The molecule has 0 unspecified atom stereocenters. The van der Waals surface area contributed by atoms with Gasteiger partial charge in [-0.2, -0.15) is 0 Å². The average Bonchev–Trinajstić information content (AvgIpc) is 2.06. The summed E-state index contributed by atoms with van der Waals surface area (Å²) in [4.78, 5) is 3.99. The third-order valence-corrected chi connectivity index (χ3v) is 1.96. The molecule has 0 saturated heterocycles. The van der Waals surface area contributed by atoms with E-state index in [4.69, 9.17) is 17.3 Å². The quantitative estimate of drug-likeness (QED) is 0.520. The number of pyridine rings is 1. The molecule has 0 amide bonds. The highest BCUT2D eigenvalue weighted by molar-refractivity contribution is 6.29. The molecule has 66 valence electrons. The van der Waals surface area contributed by atoms with Crippen molar-refractivity contribution in [3.05, 3.63) is 35.2 Å². The Labute approximate surface area is 79.1 Å². The van der Waals surface area contributed by atoms with Crippen LogP contribution in [0.2, 0.25) is 5.15 Å². The highest BCUT2D eigenvalue weighted by atomic mass is 35.5. The smallest absolute Gasteiger partial charge is 0.129 e. The first kappa shape index (κ1) is 8.26. The maximum atomic E-state index is 12.9. The summed E-state index contributed by atoms with van der Waals surface area (Å²) in [6.45, 7) is 0. The van der Waals surface area contributed by atoms with Gasteiger partial charge in [-0.25, -0.2) is 9.37 Å². The molecule has 0 atom stereocenters. The summed E-state index contributed by atoms with van der Waals surface area (Å²) < 4.78 is 12.9. The molecule has 2 N–H and O–H groups in total. The van der Waals surface area contributed by atoms with Gasteiger partial charge in [-0.1, -0.05) is 11.6 Å². The van der Waals surface area contributed by atoms with E-state index in [1.165, 1.54) is 12.1 Å². The molecular formula is C9H6ClFN2. The fourth-order valence-corrected chi connectivity index (χ4v) is 1.35. The molecule has 1 heterocycles. The van der Waals surface area contributed by atoms with Crippen molar-refractivity contribution in [2.45, 2.75) is 0 Å². The Hall–Kier alpha value is -1.35. The van der Waals surface area contributed by atoms with Crippen molar-refractivity contribution in [1.29, 1.82) is 0 Å². The molecule has 2 aromatic rings. The van der Waals surface area contributed by atoms with Crippen molar-refractivity contribution in [3.63, 3.8) is 0 Å². The fraction of sp³-hybridized carbons (Fsp3) is 0. The van der Waals surface area contributed by atoms with Gasteiger partial charge in [-0.05, 0) is 24.3 Å². The number of anilines is 1. The Morgan fingerprint density at radius 3 is 2.85 bits per heavy atom. The number of hydrogen-bond acceptors (Lipinski definition) is 2. The monoisotopic (exact) mass is 196 g/mol. The van der Waals surface area contributed by atoms with E-state index in [2.05, 4.69) is 4.98 Å². The van der Waals surface area contributed by atoms with Crippen molar-refractivity contribution in [3.8, 4) is 0 Å². The average molecular weight is 197 g/mol. The number of nitrogens with zero attached hydrogens (tertiary/aromatic N) is 1. The van der Waals surface area contributed by atoms with Crippen LogP contribution in [0.25, 0.3) is 10.9 Å². The Morgan fingerprint density at radius 2 is 2.08 bits per heavy atom. The third-order valence-electron chi connectivity index (χ3n) is 1.75. The zero-order chi connectivity index (χ0) is 9.42. The molecule has 2 rings (SSSR count). The Kier molecular flexibility index (Phi) is 1.81. The van der Waals surface area contributed by atoms with Crippen LogP contribution >= 0.6 is 11.6 Å². The van der Waals surface area contributed by atoms with E-state index in [0.29, 0.717) is 21.7 Å². The van der Waals surface area contributed by atoms with Crippen LogP contribution in [-0.2, 0) is 0 Å². The first-order chi connectivity index (χ1) is 6.16. The maximum Gasteiger partial charge on any atom is 0.129 e. The summed E-state index contributed by atoms with van der Waals surface area (Å²) in [7, 11) is 0. The van der Waals surface area contributed by atoms with E-state index in [9.17, 15) is 4.39 Å². The Bertz CT molecular complexity index is 470. The summed E-state index contributed by atoms with van der Waals surface area (Å²) in [6.07, 6.45) is 0. The summed E-state index contributed by atoms with van der Waals surface area (Å²) in [5, 5.41) is 1.01. The first-order valence-electron chi connectivity index (χ1n) is 3.68. The summed E-state index contributed by atoms with van der Waals surface area (Å²) in [5.74, 6) is -0.367. The van der Waals surface area contributed by atoms with Gasteiger partial charge in [0.2, 0.25) is 0 Å². The van der Waals surface area contributed by atoms with Crippen molar-refractivity contribution in [2.75, 3.05) is 5.73 Å². The summed E-state index contributed by atoms with van der Waals surface area (Å²) in [6, 6.07) is 5.88. The number of halogens is 2. The second kappa shape index (κ2) is 2.85. The number of benzene rings is 1. The van der Waals surface area contributed by atoms with Crippen LogP contribution in [0.3, 0.4) is 0 Å². The highest BCUT2D eigenvalue weighted by Crippen LogP contribution is 2.22. The van der Waals surface area contributed by atoms with Gasteiger partial charge in [0.15, 0.2) is 0 Å². The van der Waals surface area contributed by atoms with E-state index < -0.39 is 0 Å². The molecule has 1 aromatic carbocycles. The van der Waals surface area contributed by atoms with Crippen LogP contribution in [0.4, 0.5) is 10.1 Å². The molecule has 1 aromatic heterocycles. The van der Waals surface area contributed by atoms with Crippen LogP contribution in [0.5, 0.6) is 0 Å². The molecular weight excluding hydrogens is 191 g/mol. The van der Waals surface area contributed by atoms with Crippen LogP contribution in [-0.4, -0.2) is 4.98 Å². The van der Waals surface area contributed by atoms with Gasteiger partial charge in [-0.3, -0.25) is 0 Å². The molecule has 0 aliphatic rings. The topological polar surface area (TPSA) is 38.9 Å². The number of hydrogen-bond donors (Lipinski definition) is 1. The van der Waals surface area contributed by atoms with Crippen LogP contribution in [0.1, 0.15) is 0 Å². The summed E-state index contributed by atoms with van der Waals surface area (Å²) in [5.41, 5.74) is 6.40. The normalized spacial score (nSPS) is 10.6. The predicted octanol–water partition coefficient (Wildman–Crippen LogP) is 2.61. The van der Waals surface area contributed by atoms with E-state index in [1.807, 2.05) is 0 Å². The SMILES string of the molecule is Nc1cc(F)cc2ccc(Cl)nc12. The molecule has 0 aliphatic heterocycles. The molecule has 4 heteroatoms. The lowest BCUT2D eigenvalue weighted by Crippen LogP contribution is -1.91. The molecule has 0 fully saturated rings. The molecule has 13 heavy (non-hydrogen) atoms. The Morgan fingerprint density at radius 1 is 1.31 bits per heavy atom. The number of aromatic nitrogens is 1. The molecule has 0 bridgehead atoms. The van der Waals surface area contributed by atoms with Crippen molar-refractivity contribution >= 4 is 28.2 Å². The van der Waals surface area contributed by atoms with Gasteiger partial charge in [-0.15, -0.1) is 0 Å². The maximum absolute atomic E-state index is 12.9. The van der Waals surface area contributed by atoms with E-state index in [-0.39, 0.29) is 5.82 Å². The second-order valence-electron chi connectivity index (χ2n) is 2.70. The van der Waals surface area contributed by atoms with Crippen molar-refractivity contribution in [1.82, 2.24) is 4.98 Å². The van der Waals surface area contributed by atoms with E-state index in [0.717, 1.165) is 0 Å². The lowest BCUT2D eigenvalue weighted by molar-refractivity contribution is 0.630. The third kappa shape index (κ3) is 1.42. The van der Waals surface area contributed by atoms with Crippen LogP contribution < -0.4 is 5.73 Å². The lowest BCUT2D eigenvalue weighted by atomic mass is 10.2. The van der Waals surface area contributed by atoms with Gasteiger partial charge in [0, 0.05) is 5.39 Å². The van der Waals surface area contributed by atoms with Gasteiger partial charge < -0.3 is 5.73 Å². The highest BCUT2D eigenvalue weighted by Gasteiger charge is 2.02. The molecule has 0 spiro atoms. The second-order valence-corrected chi connectivity index (χ2v) is 3.09. The van der Waals surface area contributed by atoms with Crippen molar-refractivity contribution in [2.24, 2.45) is 0 Å². The predicted molar refractivity (Wildman–Crippen MR) is 51.1 cm³/mol. The van der Waals surface area contributed by atoms with E-state index in [1.54, 1.807) is 12.1 Å². The first-order valence-corrected chi connectivity index (χ1v) is 4.06. The number of fused-ring (bicyclic) bond motifs is 1. The van der Waals surface area contributed by atoms with Gasteiger partial charge in [0.1, 0.15) is 11.0 Å². The molecule has 0 saturated carbocycles. The largest absolute Gasteiger partial charge is 0.397 e. The van der Waals surface area contributed by atoms with Gasteiger partial charge in [0.25, 0.3) is 0 Å². The van der Waals surface area contributed by atoms with E-state index >= 15 is 0 Å². The molecule has 0 radical (unpaired) electrons. The Balaban J connectivity index is 2.87. The number of rotatable bonds is 0. The van der Waals surface area contributed by atoms with Crippen LogP contribution in [0.15, 0.2) is 24.3 Å². The minimum atomic E-state index is -0.367. The van der Waals surface area contributed by atoms with Crippen LogP contribution in [0, 0.1) is 5.82 Å². The van der Waals surface area contributed by atoms with Gasteiger partial charge in [0.05, 0.1) is 11.2 Å². The molecule has 0 aliphatic carbocycles. The number of nitrogens with two attached hydrogens (primary N) is 1. The fourth-order valence-electron chi connectivity index (χ4n) is 1.20. The minimum absolute atomic E-state index is 0.303. The molecule has 2 nitrogen and oxygen atoms in total. The summed E-state index contributed by atoms with van der Waals surface area (Å²) >= 11 is 5.67. The minimum Gasteiger partial charge on any atom is -0.397 e. The van der Waals surface area contributed by atoms with Crippen molar-refractivity contribution < 1.29 is 4.39 Å². The standard InChI is InChI=1S/C9H6ClFN2/c10-8-2-1-5-3-6(11)4-7(12)9(5)13-8/h1-4H,12H2. The zero-order valence-electron chi connectivity index (χ0n) is 6.59.